The fourth-order valence-corrected chi connectivity index (χ4v) is 3.70. The van der Waals surface area contributed by atoms with Crippen LogP contribution in [0, 0.1) is 13.8 Å². The molecule has 0 aliphatic rings. The number of aryl methyl sites for hydroxylation is 3. The second-order valence-corrected chi connectivity index (χ2v) is 7.20. The maximum absolute atomic E-state index is 12.6. The molecule has 0 aliphatic heterocycles. The predicted molar refractivity (Wildman–Crippen MR) is 102 cm³/mol. The lowest BCUT2D eigenvalue weighted by Gasteiger charge is -2.05. The second-order valence-electron chi connectivity index (χ2n) is 5.74. The van der Waals surface area contributed by atoms with Gasteiger partial charge in [-0.3, -0.25) is 9.48 Å². The molecule has 0 saturated heterocycles. The van der Waals surface area contributed by atoms with E-state index in [2.05, 4.69) is 30.3 Å². The molecule has 1 N–H and O–H groups in total. The molecule has 0 aliphatic carbocycles. The van der Waals surface area contributed by atoms with Gasteiger partial charge < -0.3 is 10.1 Å². The summed E-state index contributed by atoms with van der Waals surface area (Å²) < 4.78 is 7.06. The van der Waals surface area contributed by atoms with Crippen LogP contribution in [0.15, 0.2) is 36.4 Å². The molecule has 0 radical (unpaired) electrons. The normalized spacial score (nSPS) is 10.7. The minimum Gasteiger partial charge on any atom is -0.497 e. The summed E-state index contributed by atoms with van der Waals surface area (Å²) in [6.45, 7) is 6.91. The summed E-state index contributed by atoms with van der Waals surface area (Å²) in [5.41, 5.74) is 3.19. The van der Waals surface area contributed by atoms with Crippen molar-refractivity contribution in [1.29, 1.82) is 0 Å². The minimum absolute atomic E-state index is 0.230. The van der Waals surface area contributed by atoms with E-state index >= 15 is 0 Å². The SMILES string of the molecule is CCn1nc(C(=O)Nc2cccc(OC)c2)cc1-c1cc(C)sc1C. The molecular weight excluding hydrogens is 334 g/mol. The first-order chi connectivity index (χ1) is 12.0. The number of hydrogen-bond acceptors (Lipinski definition) is 4. The highest BCUT2D eigenvalue weighted by atomic mass is 32.1. The number of anilines is 1. The first-order valence-electron chi connectivity index (χ1n) is 8.12. The van der Waals surface area contributed by atoms with Crippen molar-refractivity contribution in [2.45, 2.75) is 27.3 Å². The Hall–Kier alpha value is -2.60. The number of hydrogen-bond donors (Lipinski definition) is 1. The van der Waals surface area contributed by atoms with Crippen LogP contribution in [-0.2, 0) is 6.54 Å². The number of aromatic nitrogens is 2. The number of carbonyl (C=O) groups is 1. The predicted octanol–water partition coefficient (Wildman–Crippen LogP) is 4.51. The average Bonchev–Trinajstić information content (AvgIpc) is 3.17. The number of methoxy groups -OCH3 is 1. The Morgan fingerprint density at radius 3 is 2.72 bits per heavy atom. The maximum atomic E-state index is 12.6. The quantitative estimate of drug-likeness (QED) is 0.733. The zero-order valence-corrected chi connectivity index (χ0v) is 15.6. The summed E-state index contributed by atoms with van der Waals surface area (Å²) in [4.78, 5) is 15.1. The van der Waals surface area contributed by atoms with Gasteiger partial charge in [0.2, 0.25) is 0 Å². The summed E-state index contributed by atoms with van der Waals surface area (Å²) in [7, 11) is 1.60. The summed E-state index contributed by atoms with van der Waals surface area (Å²) in [5.74, 6) is 0.466. The van der Waals surface area contributed by atoms with E-state index in [1.54, 1.807) is 24.5 Å². The van der Waals surface area contributed by atoms with Crippen molar-refractivity contribution in [1.82, 2.24) is 9.78 Å². The first kappa shape index (κ1) is 17.2. The lowest BCUT2D eigenvalue weighted by atomic mass is 10.1. The third-order valence-corrected chi connectivity index (χ3v) is 4.92. The molecule has 0 fully saturated rings. The van der Waals surface area contributed by atoms with Gasteiger partial charge in [-0.05, 0) is 45.0 Å². The summed E-state index contributed by atoms with van der Waals surface area (Å²) in [6.07, 6.45) is 0. The number of ether oxygens (including phenoxy) is 1. The molecular formula is C19H21N3O2S. The van der Waals surface area contributed by atoms with Gasteiger partial charge in [-0.15, -0.1) is 11.3 Å². The molecule has 6 heteroatoms. The van der Waals surface area contributed by atoms with Gasteiger partial charge in [0.15, 0.2) is 5.69 Å². The van der Waals surface area contributed by atoms with Crippen molar-refractivity contribution in [2.75, 3.05) is 12.4 Å². The topological polar surface area (TPSA) is 56.2 Å². The van der Waals surface area contributed by atoms with Crippen molar-refractivity contribution in [3.8, 4) is 17.0 Å². The Kier molecular flexibility index (Phi) is 4.90. The molecule has 0 bridgehead atoms. The van der Waals surface area contributed by atoms with Crippen LogP contribution in [0.2, 0.25) is 0 Å². The molecule has 3 rings (SSSR count). The maximum Gasteiger partial charge on any atom is 0.276 e. The first-order valence-corrected chi connectivity index (χ1v) is 8.94. The Morgan fingerprint density at radius 1 is 1.28 bits per heavy atom. The van der Waals surface area contributed by atoms with Crippen LogP contribution in [-0.4, -0.2) is 22.8 Å². The van der Waals surface area contributed by atoms with Gasteiger partial charge >= 0.3 is 0 Å². The zero-order chi connectivity index (χ0) is 18.0. The van der Waals surface area contributed by atoms with Gasteiger partial charge in [0, 0.05) is 33.6 Å². The number of thiophene rings is 1. The Morgan fingerprint density at radius 2 is 2.08 bits per heavy atom. The van der Waals surface area contributed by atoms with Crippen molar-refractivity contribution >= 4 is 22.9 Å². The zero-order valence-electron chi connectivity index (χ0n) is 14.8. The summed E-state index contributed by atoms with van der Waals surface area (Å²) in [6, 6.07) is 11.3. The molecule has 3 aromatic rings. The lowest BCUT2D eigenvalue weighted by molar-refractivity contribution is 0.102. The molecule has 2 heterocycles. The van der Waals surface area contributed by atoms with Gasteiger partial charge in [0.25, 0.3) is 5.91 Å². The van der Waals surface area contributed by atoms with Gasteiger partial charge in [0.05, 0.1) is 12.8 Å². The minimum atomic E-state index is -0.230. The Balaban J connectivity index is 1.90. The average molecular weight is 355 g/mol. The number of nitrogens with zero attached hydrogens (tertiary/aromatic N) is 2. The molecule has 1 aromatic carbocycles. The molecule has 0 unspecified atom stereocenters. The van der Waals surface area contributed by atoms with Crippen molar-refractivity contribution in [2.24, 2.45) is 0 Å². The van der Waals surface area contributed by atoms with Gasteiger partial charge in [0.1, 0.15) is 5.75 Å². The van der Waals surface area contributed by atoms with Crippen LogP contribution in [0.1, 0.15) is 27.2 Å². The molecule has 130 valence electrons. The number of carbonyl (C=O) groups excluding carboxylic acids is 1. The van der Waals surface area contributed by atoms with E-state index in [0.717, 1.165) is 11.3 Å². The van der Waals surface area contributed by atoms with Crippen LogP contribution >= 0.6 is 11.3 Å². The second kappa shape index (κ2) is 7.11. The van der Waals surface area contributed by atoms with Crippen molar-refractivity contribution in [3.05, 3.63) is 51.8 Å². The molecule has 0 saturated carbocycles. The van der Waals surface area contributed by atoms with Crippen molar-refractivity contribution in [3.63, 3.8) is 0 Å². The van der Waals surface area contributed by atoms with E-state index in [4.69, 9.17) is 4.74 Å². The van der Waals surface area contributed by atoms with Gasteiger partial charge in [-0.1, -0.05) is 6.07 Å². The molecule has 5 nitrogen and oxygen atoms in total. The standard InChI is InChI=1S/C19H21N3O2S/c1-5-22-18(16-9-12(2)25-13(16)3)11-17(21-22)19(23)20-14-7-6-8-15(10-14)24-4/h6-11H,5H2,1-4H3,(H,20,23). The Labute approximate surface area is 151 Å². The van der Waals surface area contributed by atoms with E-state index in [9.17, 15) is 4.79 Å². The highest BCUT2D eigenvalue weighted by Gasteiger charge is 2.17. The lowest BCUT2D eigenvalue weighted by Crippen LogP contribution is -2.13. The third kappa shape index (κ3) is 3.58. The van der Waals surface area contributed by atoms with E-state index < -0.39 is 0 Å². The van der Waals surface area contributed by atoms with Crippen LogP contribution in [0.3, 0.4) is 0 Å². The largest absolute Gasteiger partial charge is 0.497 e. The number of rotatable bonds is 5. The molecule has 0 spiro atoms. The van der Waals surface area contributed by atoms with Crippen LogP contribution in [0.25, 0.3) is 11.3 Å². The smallest absolute Gasteiger partial charge is 0.276 e. The fourth-order valence-electron chi connectivity index (χ4n) is 2.77. The summed E-state index contributed by atoms with van der Waals surface area (Å²) in [5, 5.41) is 7.35. The molecule has 2 aromatic heterocycles. The van der Waals surface area contributed by atoms with Crippen LogP contribution < -0.4 is 10.1 Å². The van der Waals surface area contributed by atoms with Crippen molar-refractivity contribution < 1.29 is 9.53 Å². The van der Waals surface area contributed by atoms with Gasteiger partial charge in [-0.25, -0.2) is 0 Å². The molecule has 1 amide bonds. The highest BCUT2D eigenvalue weighted by molar-refractivity contribution is 7.12. The Bertz CT molecular complexity index is 911. The van der Waals surface area contributed by atoms with Gasteiger partial charge in [-0.2, -0.15) is 5.10 Å². The number of nitrogens with one attached hydrogen (secondary N) is 1. The van der Waals surface area contributed by atoms with E-state index in [0.29, 0.717) is 23.7 Å². The highest BCUT2D eigenvalue weighted by Crippen LogP contribution is 2.31. The van der Waals surface area contributed by atoms with E-state index in [-0.39, 0.29) is 5.91 Å². The number of benzene rings is 1. The molecule has 25 heavy (non-hydrogen) atoms. The van der Waals surface area contributed by atoms with Crippen LogP contribution in [0.5, 0.6) is 5.75 Å². The number of amides is 1. The summed E-state index contributed by atoms with van der Waals surface area (Å²) >= 11 is 1.75. The van der Waals surface area contributed by atoms with E-state index in [1.165, 1.54) is 9.75 Å². The fraction of sp³-hybridized carbons (Fsp3) is 0.263. The van der Waals surface area contributed by atoms with E-state index in [1.807, 2.05) is 35.9 Å². The van der Waals surface area contributed by atoms with Crippen LogP contribution in [0.4, 0.5) is 5.69 Å². The third-order valence-electron chi connectivity index (χ3n) is 3.96. The monoisotopic (exact) mass is 355 g/mol. The molecule has 0 atom stereocenters.